The zero-order valence-corrected chi connectivity index (χ0v) is 8.37. The number of pyridine rings is 1. The van der Waals surface area contributed by atoms with Crippen LogP contribution in [0.4, 0.5) is 5.69 Å². The van der Waals surface area contributed by atoms with E-state index in [-0.39, 0.29) is 0 Å². The van der Waals surface area contributed by atoms with Crippen molar-refractivity contribution in [2.45, 2.75) is 6.92 Å². The predicted octanol–water partition coefficient (Wildman–Crippen LogP) is 1.75. The molecule has 0 aliphatic carbocycles. The molecule has 0 amide bonds. The number of hydrogen-bond acceptors (Lipinski definition) is 2. The standard InChI is InChI=1S/C7H9ClN2OS/c1-5-3-6(10-12(2)11)4-9-7(5)8/h3-4,10H,1-2H3. The van der Waals surface area contributed by atoms with Gasteiger partial charge in [0, 0.05) is 6.26 Å². The van der Waals surface area contributed by atoms with E-state index < -0.39 is 11.0 Å². The Hall–Kier alpha value is -0.610. The first-order valence-electron chi connectivity index (χ1n) is 3.32. The van der Waals surface area contributed by atoms with Crippen LogP contribution < -0.4 is 4.72 Å². The van der Waals surface area contributed by atoms with Crippen molar-refractivity contribution in [2.75, 3.05) is 11.0 Å². The Balaban J connectivity index is 2.89. The lowest BCUT2D eigenvalue weighted by Crippen LogP contribution is -2.01. The summed E-state index contributed by atoms with van der Waals surface area (Å²) in [6.07, 6.45) is 3.11. The molecule has 0 saturated carbocycles. The van der Waals surface area contributed by atoms with E-state index in [9.17, 15) is 4.21 Å². The molecule has 1 atom stereocenters. The molecule has 5 heteroatoms. The summed E-state index contributed by atoms with van der Waals surface area (Å²) < 4.78 is 13.5. The summed E-state index contributed by atoms with van der Waals surface area (Å²) in [5.41, 5.74) is 1.59. The van der Waals surface area contributed by atoms with Crippen molar-refractivity contribution in [3.63, 3.8) is 0 Å². The molecule has 66 valence electrons. The monoisotopic (exact) mass is 204 g/mol. The van der Waals surface area contributed by atoms with E-state index in [0.717, 1.165) is 11.3 Å². The molecule has 1 unspecified atom stereocenters. The largest absolute Gasteiger partial charge is 0.304 e. The highest BCUT2D eigenvalue weighted by molar-refractivity contribution is 7.85. The second kappa shape index (κ2) is 3.87. The van der Waals surface area contributed by atoms with Gasteiger partial charge in [-0.25, -0.2) is 9.19 Å². The van der Waals surface area contributed by atoms with Gasteiger partial charge in [0.15, 0.2) is 0 Å². The van der Waals surface area contributed by atoms with Gasteiger partial charge < -0.3 is 4.72 Å². The molecule has 0 radical (unpaired) electrons. The second-order valence-electron chi connectivity index (χ2n) is 2.39. The Labute approximate surface area is 78.7 Å². The van der Waals surface area contributed by atoms with Crippen LogP contribution in [0, 0.1) is 6.92 Å². The lowest BCUT2D eigenvalue weighted by molar-refractivity contribution is 0.690. The molecule has 0 spiro atoms. The summed E-state index contributed by atoms with van der Waals surface area (Å²) in [6, 6.07) is 1.80. The Morgan fingerprint density at radius 1 is 1.67 bits per heavy atom. The van der Waals surface area contributed by atoms with Gasteiger partial charge >= 0.3 is 0 Å². The molecule has 1 rings (SSSR count). The van der Waals surface area contributed by atoms with Gasteiger partial charge in [-0.1, -0.05) is 11.6 Å². The number of nitrogens with zero attached hydrogens (tertiary/aromatic N) is 1. The maximum atomic E-state index is 10.7. The van der Waals surface area contributed by atoms with Crippen molar-refractivity contribution in [2.24, 2.45) is 0 Å². The van der Waals surface area contributed by atoms with E-state index in [2.05, 4.69) is 9.71 Å². The van der Waals surface area contributed by atoms with Gasteiger partial charge in [0.1, 0.15) is 16.1 Å². The van der Waals surface area contributed by atoms with E-state index >= 15 is 0 Å². The van der Waals surface area contributed by atoms with Crippen LogP contribution in [0.2, 0.25) is 5.15 Å². The fourth-order valence-electron chi connectivity index (χ4n) is 0.780. The number of rotatable bonds is 2. The molecule has 1 N–H and O–H groups in total. The first kappa shape index (κ1) is 9.48. The van der Waals surface area contributed by atoms with Crippen molar-refractivity contribution in [3.05, 3.63) is 23.0 Å². The molecular formula is C7H9ClN2OS. The fourth-order valence-corrected chi connectivity index (χ4v) is 1.33. The molecule has 0 bridgehead atoms. The first-order chi connectivity index (χ1) is 5.59. The van der Waals surface area contributed by atoms with Gasteiger partial charge in [0.2, 0.25) is 0 Å². The number of aromatic nitrogens is 1. The van der Waals surface area contributed by atoms with Crippen LogP contribution in [0.15, 0.2) is 12.3 Å². The van der Waals surface area contributed by atoms with Crippen LogP contribution in [0.1, 0.15) is 5.56 Å². The van der Waals surface area contributed by atoms with Crippen LogP contribution in [0.5, 0.6) is 0 Å². The Bertz CT molecular complexity index is 316. The minimum Gasteiger partial charge on any atom is -0.304 e. The highest BCUT2D eigenvalue weighted by Crippen LogP contribution is 2.15. The third-order valence-corrected chi connectivity index (χ3v) is 2.19. The van der Waals surface area contributed by atoms with Crippen molar-refractivity contribution in [3.8, 4) is 0 Å². The molecule has 0 fully saturated rings. The smallest absolute Gasteiger partial charge is 0.132 e. The Morgan fingerprint density at radius 3 is 2.83 bits per heavy atom. The van der Waals surface area contributed by atoms with E-state index in [1.807, 2.05) is 6.92 Å². The van der Waals surface area contributed by atoms with E-state index in [1.54, 1.807) is 18.5 Å². The molecule has 0 aromatic carbocycles. The van der Waals surface area contributed by atoms with Crippen LogP contribution >= 0.6 is 11.6 Å². The highest BCUT2D eigenvalue weighted by Gasteiger charge is 1.98. The minimum atomic E-state index is -1.06. The number of nitrogens with one attached hydrogen (secondary N) is 1. The van der Waals surface area contributed by atoms with Crippen LogP contribution in [0.3, 0.4) is 0 Å². The predicted molar refractivity (Wildman–Crippen MR) is 51.7 cm³/mol. The molecule has 1 aromatic rings. The number of anilines is 1. The molecule has 0 saturated heterocycles. The lowest BCUT2D eigenvalue weighted by atomic mass is 10.3. The Kier molecular flexibility index (Phi) is 3.05. The third kappa shape index (κ3) is 2.46. The molecule has 0 aliphatic rings. The molecule has 3 nitrogen and oxygen atoms in total. The molecule has 12 heavy (non-hydrogen) atoms. The third-order valence-electron chi connectivity index (χ3n) is 1.28. The minimum absolute atomic E-state index is 0.474. The van der Waals surface area contributed by atoms with Crippen molar-refractivity contribution in [1.82, 2.24) is 4.98 Å². The average molecular weight is 205 g/mol. The van der Waals surface area contributed by atoms with Gasteiger partial charge in [-0.05, 0) is 18.6 Å². The van der Waals surface area contributed by atoms with Crippen LogP contribution in [-0.4, -0.2) is 15.4 Å². The van der Waals surface area contributed by atoms with Gasteiger partial charge in [-0.15, -0.1) is 0 Å². The normalized spacial score (nSPS) is 12.6. The van der Waals surface area contributed by atoms with Gasteiger partial charge in [-0.2, -0.15) is 0 Å². The summed E-state index contributed by atoms with van der Waals surface area (Å²) in [6.45, 7) is 1.85. The van der Waals surface area contributed by atoms with E-state index in [0.29, 0.717) is 5.15 Å². The maximum absolute atomic E-state index is 10.7. The lowest BCUT2D eigenvalue weighted by Gasteiger charge is -2.03. The summed E-state index contributed by atoms with van der Waals surface area (Å²) in [7, 11) is -1.06. The molecular weight excluding hydrogens is 196 g/mol. The highest BCUT2D eigenvalue weighted by atomic mass is 35.5. The second-order valence-corrected chi connectivity index (χ2v) is 3.86. The quantitative estimate of drug-likeness (QED) is 0.746. The van der Waals surface area contributed by atoms with Crippen molar-refractivity contribution >= 4 is 28.3 Å². The van der Waals surface area contributed by atoms with Crippen molar-refractivity contribution in [1.29, 1.82) is 0 Å². The van der Waals surface area contributed by atoms with E-state index in [1.165, 1.54) is 0 Å². The molecule has 0 aliphatic heterocycles. The summed E-state index contributed by atoms with van der Waals surface area (Å²) in [5.74, 6) is 0. The zero-order valence-electron chi connectivity index (χ0n) is 6.80. The van der Waals surface area contributed by atoms with Crippen LogP contribution in [0.25, 0.3) is 0 Å². The van der Waals surface area contributed by atoms with E-state index in [4.69, 9.17) is 11.6 Å². The summed E-state index contributed by atoms with van der Waals surface area (Å²) in [5, 5.41) is 0.474. The molecule has 1 heterocycles. The maximum Gasteiger partial charge on any atom is 0.132 e. The topological polar surface area (TPSA) is 42.0 Å². The van der Waals surface area contributed by atoms with Gasteiger partial charge in [0.05, 0.1) is 11.9 Å². The van der Waals surface area contributed by atoms with Crippen LogP contribution in [-0.2, 0) is 11.0 Å². The SMILES string of the molecule is Cc1cc(NS(C)=O)cnc1Cl. The average Bonchev–Trinajstić information content (AvgIpc) is 1.96. The summed E-state index contributed by atoms with van der Waals surface area (Å²) >= 11 is 5.70. The molecule has 1 aromatic heterocycles. The Morgan fingerprint density at radius 2 is 2.33 bits per heavy atom. The van der Waals surface area contributed by atoms with Gasteiger partial charge in [0.25, 0.3) is 0 Å². The number of halogens is 1. The summed E-state index contributed by atoms with van der Waals surface area (Å²) in [4.78, 5) is 3.90. The zero-order chi connectivity index (χ0) is 9.14. The number of hydrogen-bond donors (Lipinski definition) is 1. The van der Waals surface area contributed by atoms with Gasteiger partial charge in [-0.3, -0.25) is 0 Å². The first-order valence-corrected chi connectivity index (χ1v) is 5.25. The number of aryl methyl sites for hydroxylation is 1. The fraction of sp³-hybridized carbons (Fsp3) is 0.286. The van der Waals surface area contributed by atoms with Crippen molar-refractivity contribution < 1.29 is 4.21 Å².